The van der Waals surface area contributed by atoms with Crippen LogP contribution in [0.25, 0.3) is 0 Å². The summed E-state index contributed by atoms with van der Waals surface area (Å²) in [5.41, 5.74) is 0.148. The lowest BCUT2D eigenvalue weighted by Crippen LogP contribution is -2.39. The van der Waals surface area contributed by atoms with Gasteiger partial charge in [-0.3, -0.25) is 9.35 Å². The molecule has 0 aromatic carbocycles. The van der Waals surface area contributed by atoms with Crippen LogP contribution in [0.5, 0.6) is 0 Å². The molecule has 15 heavy (non-hydrogen) atoms. The third-order valence-corrected chi connectivity index (χ3v) is 5.79. The maximum absolute atomic E-state index is 11.6. The largest absolute Gasteiger partial charge is 0.293 e. The van der Waals surface area contributed by atoms with Crippen LogP contribution < -0.4 is 0 Å². The second kappa shape index (κ2) is 4.90. The summed E-state index contributed by atoms with van der Waals surface area (Å²) in [7, 11) is -4.36. The molecular weight excluding hydrogens is 256 g/mol. The van der Waals surface area contributed by atoms with E-state index in [0.29, 0.717) is 5.75 Å². The smallest absolute Gasteiger partial charge is 0.276 e. The van der Waals surface area contributed by atoms with Gasteiger partial charge < -0.3 is 0 Å². The Morgan fingerprint density at radius 3 is 2.60 bits per heavy atom. The molecule has 1 N–H and O–H groups in total. The van der Waals surface area contributed by atoms with E-state index in [0.717, 1.165) is 0 Å². The van der Waals surface area contributed by atoms with E-state index in [-0.39, 0.29) is 5.57 Å². The van der Waals surface area contributed by atoms with E-state index in [1.165, 1.54) is 30.4 Å². The minimum atomic E-state index is -4.36. The van der Waals surface area contributed by atoms with Crippen LogP contribution >= 0.6 is 23.5 Å². The predicted octanol–water partition coefficient (Wildman–Crippen LogP) is 1.36. The molecule has 0 amide bonds. The van der Waals surface area contributed by atoms with Gasteiger partial charge in [0, 0.05) is 11.0 Å². The van der Waals surface area contributed by atoms with E-state index < -0.39 is 26.4 Å². The second-order valence-electron chi connectivity index (χ2n) is 3.18. The van der Waals surface area contributed by atoms with Gasteiger partial charge in [0.15, 0.2) is 11.0 Å². The van der Waals surface area contributed by atoms with Crippen molar-refractivity contribution in [1.82, 2.24) is 0 Å². The molecule has 0 aliphatic carbocycles. The zero-order valence-corrected chi connectivity index (χ0v) is 10.5. The highest BCUT2D eigenvalue weighted by Gasteiger charge is 2.40. The molecule has 85 valence electrons. The van der Waals surface area contributed by atoms with Crippen LogP contribution in [0.15, 0.2) is 12.2 Å². The van der Waals surface area contributed by atoms with Crippen molar-refractivity contribution >= 4 is 39.4 Å². The minimum Gasteiger partial charge on any atom is -0.293 e. The second-order valence-corrected chi connectivity index (χ2v) is 7.04. The Labute approximate surface area is 97.6 Å². The summed E-state index contributed by atoms with van der Waals surface area (Å²) in [6, 6.07) is 0. The number of ketones is 1. The molecule has 0 saturated carbocycles. The molecule has 1 saturated heterocycles. The lowest BCUT2D eigenvalue weighted by Gasteiger charge is -2.17. The SMILES string of the molecule is C=C(C)C(=O)C(C1CS[CH]S1)S(=O)(=O)O. The van der Waals surface area contributed by atoms with Gasteiger partial charge in [-0.2, -0.15) is 8.42 Å². The van der Waals surface area contributed by atoms with Gasteiger partial charge in [-0.15, -0.1) is 23.5 Å². The topological polar surface area (TPSA) is 71.4 Å². The standard InChI is InChI=1S/C8H11O4S3/c1-5(2)7(9)8(15(10,11)12)6-3-13-4-14-6/h4,6,8H,1,3H2,2H3,(H,10,11,12). The fourth-order valence-corrected chi connectivity index (χ4v) is 5.27. The molecule has 1 aliphatic heterocycles. The summed E-state index contributed by atoms with van der Waals surface area (Å²) in [6.45, 7) is 4.85. The van der Waals surface area contributed by atoms with Crippen molar-refractivity contribution in [2.45, 2.75) is 17.4 Å². The molecule has 1 aliphatic rings. The van der Waals surface area contributed by atoms with Crippen LogP contribution in [0.2, 0.25) is 0 Å². The number of hydrogen-bond donors (Lipinski definition) is 1. The molecule has 2 atom stereocenters. The quantitative estimate of drug-likeness (QED) is 0.612. The predicted molar refractivity (Wildman–Crippen MR) is 63.3 cm³/mol. The third-order valence-electron chi connectivity index (χ3n) is 1.90. The molecule has 1 heterocycles. The Bertz CT molecular complexity index is 367. The average Bonchev–Trinajstić information content (AvgIpc) is 2.54. The van der Waals surface area contributed by atoms with Crippen LogP contribution in [0, 0.1) is 5.08 Å². The van der Waals surface area contributed by atoms with Crippen molar-refractivity contribution in [2.24, 2.45) is 0 Å². The maximum Gasteiger partial charge on any atom is 0.276 e. The Morgan fingerprint density at radius 2 is 2.27 bits per heavy atom. The van der Waals surface area contributed by atoms with Crippen LogP contribution in [-0.2, 0) is 14.9 Å². The zero-order chi connectivity index (χ0) is 11.6. The van der Waals surface area contributed by atoms with Crippen LogP contribution in [0.4, 0.5) is 0 Å². The lowest BCUT2D eigenvalue weighted by molar-refractivity contribution is -0.115. The maximum atomic E-state index is 11.6. The van der Waals surface area contributed by atoms with Crippen molar-refractivity contribution in [3.63, 3.8) is 0 Å². The number of allylic oxidation sites excluding steroid dienone is 1. The summed E-state index contributed by atoms with van der Waals surface area (Å²) < 4.78 is 31.3. The Balaban J connectivity index is 2.97. The third kappa shape index (κ3) is 3.24. The van der Waals surface area contributed by atoms with E-state index in [9.17, 15) is 13.2 Å². The molecule has 1 radical (unpaired) electrons. The van der Waals surface area contributed by atoms with Crippen molar-refractivity contribution in [1.29, 1.82) is 0 Å². The Kier molecular flexibility index (Phi) is 4.28. The lowest BCUT2D eigenvalue weighted by atomic mass is 10.1. The van der Waals surface area contributed by atoms with Crippen molar-refractivity contribution in [3.8, 4) is 0 Å². The molecule has 4 nitrogen and oxygen atoms in total. The highest BCUT2D eigenvalue weighted by atomic mass is 32.2. The number of carbonyl (C=O) groups excluding carboxylic acids is 1. The van der Waals surface area contributed by atoms with Gasteiger partial charge in [0.05, 0.1) is 5.08 Å². The fourth-order valence-electron chi connectivity index (χ4n) is 1.18. The molecule has 7 heteroatoms. The first-order chi connectivity index (χ1) is 6.84. The van der Waals surface area contributed by atoms with Gasteiger partial charge >= 0.3 is 0 Å². The Morgan fingerprint density at radius 1 is 1.67 bits per heavy atom. The fraction of sp³-hybridized carbons (Fsp3) is 0.500. The summed E-state index contributed by atoms with van der Waals surface area (Å²) >= 11 is 2.70. The monoisotopic (exact) mass is 267 g/mol. The van der Waals surface area contributed by atoms with Crippen molar-refractivity contribution < 1.29 is 17.8 Å². The van der Waals surface area contributed by atoms with Crippen LogP contribution in [0.1, 0.15) is 6.92 Å². The summed E-state index contributed by atoms with van der Waals surface area (Å²) in [5, 5.41) is -0.0328. The molecule has 0 bridgehead atoms. The van der Waals surface area contributed by atoms with Gasteiger partial charge in [-0.1, -0.05) is 6.58 Å². The number of Topliss-reactive ketones (excluding diaryl/α,β-unsaturated/α-hetero) is 1. The number of thioether (sulfide) groups is 2. The van der Waals surface area contributed by atoms with E-state index in [4.69, 9.17) is 4.55 Å². The van der Waals surface area contributed by atoms with E-state index in [2.05, 4.69) is 6.58 Å². The van der Waals surface area contributed by atoms with Gasteiger partial charge in [0.2, 0.25) is 0 Å². The molecule has 1 rings (SSSR count). The highest BCUT2D eigenvalue weighted by Crippen LogP contribution is 2.38. The minimum absolute atomic E-state index is 0.148. The molecule has 0 aromatic heterocycles. The van der Waals surface area contributed by atoms with E-state index in [1.807, 2.05) is 0 Å². The normalized spacial score (nSPS) is 23.7. The van der Waals surface area contributed by atoms with Gasteiger partial charge in [-0.25, -0.2) is 0 Å². The summed E-state index contributed by atoms with van der Waals surface area (Å²) in [4.78, 5) is 11.6. The van der Waals surface area contributed by atoms with Gasteiger partial charge in [0.1, 0.15) is 0 Å². The first kappa shape index (κ1) is 13.1. The number of rotatable bonds is 4. The average molecular weight is 267 g/mol. The van der Waals surface area contributed by atoms with Crippen molar-refractivity contribution in [3.05, 3.63) is 17.2 Å². The highest BCUT2D eigenvalue weighted by molar-refractivity contribution is 8.23. The molecule has 1 fully saturated rings. The van der Waals surface area contributed by atoms with E-state index in [1.54, 1.807) is 5.08 Å². The van der Waals surface area contributed by atoms with Gasteiger partial charge in [-0.05, 0) is 12.5 Å². The zero-order valence-electron chi connectivity index (χ0n) is 8.04. The first-order valence-electron chi connectivity index (χ1n) is 4.09. The number of hydrogen-bond acceptors (Lipinski definition) is 5. The molecule has 0 aromatic rings. The van der Waals surface area contributed by atoms with E-state index >= 15 is 0 Å². The van der Waals surface area contributed by atoms with Crippen LogP contribution in [-0.4, -0.2) is 35.0 Å². The van der Waals surface area contributed by atoms with Crippen LogP contribution in [0.3, 0.4) is 0 Å². The van der Waals surface area contributed by atoms with Gasteiger partial charge in [0.25, 0.3) is 10.1 Å². The summed E-state index contributed by atoms with van der Waals surface area (Å²) in [5.74, 6) is -0.0976. The molecule has 0 spiro atoms. The first-order valence-corrected chi connectivity index (χ1v) is 7.58. The Hall–Kier alpha value is 0.0200. The van der Waals surface area contributed by atoms with Crippen molar-refractivity contribution in [2.75, 3.05) is 5.75 Å². The summed E-state index contributed by atoms with van der Waals surface area (Å²) in [6.07, 6.45) is 0. The molecule has 2 unspecified atom stereocenters. The molecular formula is C8H11O4S3. The number of carbonyl (C=O) groups is 1.